The van der Waals surface area contributed by atoms with Gasteiger partial charge in [0.15, 0.2) is 5.69 Å². The second kappa shape index (κ2) is 5.13. The molecule has 9 heteroatoms. The summed E-state index contributed by atoms with van der Waals surface area (Å²) >= 11 is 3.26. The van der Waals surface area contributed by atoms with Crippen molar-refractivity contribution in [3.05, 3.63) is 39.1 Å². The van der Waals surface area contributed by atoms with Crippen molar-refractivity contribution in [3.8, 4) is 10.6 Å². The molecule has 1 aromatic heterocycles. The second-order valence-corrected chi connectivity index (χ2v) is 5.48. The van der Waals surface area contributed by atoms with Crippen LogP contribution in [-0.2, 0) is 6.18 Å². The third-order valence-electron chi connectivity index (χ3n) is 2.26. The van der Waals surface area contributed by atoms with Crippen LogP contribution in [0.2, 0.25) is 0 Å². The molecular formula is C11H4BrF4NO2S. The maximum Gasteiger partial charge on any atom is 0.435 e. The van der Waals surface area contributed by atoms with Crippen LogP contribution in [0.4, 0.5) is 17.6 Å². The van der Waals surface area contributed by atoms with Crippen LogP contribution in [0.1, 0.15) is 15.4 Å². The number of aromatic carboxylic acids is 1. The summed E-state index contributed by atoms with van der Waals surface area (Å²) in [5.41, 5.74) is -1.40. The number of carboxylic acids is 1. The van der Waals surface area contributed by atoms with Crippen LogP contribution in [0.25, 0.3) is 10.6 Å². The lowest BCUT2D eigenvalue weighted by atomic mass is 10.2. The standard InChI is InChI=1S/C11H4BrF4NO2S/c12-5-2-1-4(3-6(5)13)9-17-8(11(14,15)16)7(20-9)10(18)19/h1-3H,(H,18,19). The second-order valence-electron chi connectivity index (χ2n) is 3.63. The molecule has 0 bridgehead atoms. The molecule has 0 amide bonds. The lowest BCUT2D eigenvalue weighted by Crippen LogP contribution is -2.11. The van der Waals surface area contributed by atoms with E-state index in [1.165, 1.54) is 12.1 Å². The molecule has 0 aliphatic heterocycles. The number of thiazole rings is 1. The van der Waals surface area contributed by atoms with Gasteiger partial charge < -0.3 is 5.11 Å². The van der Waals surface area contributed by atoms with Gasteiger partial charge in [-0.3, -0.25) is 0 Å². The summed E-state index contributed by atoms with van der Waals surface area (Å²) in [5.74, 6) is -2.40. The van der Waals surface area contributed by atoms with Crippen molar-refractivity contribution >= 4 is 33.2 Å². The van der Waals surface area contributed by atoms with Crippen molar-refractivity contribution in [2.75, 3.05) is 0 Å². The van der Waals surface area contributed by atoms with Gasteiger partial charge in [-0.05, 0) is 28.1 Å². The van der Waals surface area contributed by atoms with E-state index in [9.17, 15) is 22.4 Å². The van der Waals surface area contributed by atoms with Crippen LogP contribution in [0.15, 0.2) is 22.7 Å². The number of rotatable bonds is 2. The molecule has 0 spiro atoms. The predicted octanol–water partition coefficient (Wildman–Crippen LogP) is 4.43. The number of carboxylic acid groups (broad SMARTS) is 1. The molecule has 0 fully saturated rings. The first-order chi connectivity index (χ1) is 9.20. The van der Waals surface area contributed by atoms with Gasteiger partial charge in [-0.15, -0.1) is 11.3 Å². The van der Waals surface area contributed by atoms with Crippen LogP contribution in [-0.4, -0.2) is 16.1 Å². The SMILES string of the molecule is O=C(O)c1sc(-c2ccc(Br)c(F)c2)nc1C(F)(F)F. The van der Waals surface area contributed by atoms with Gasteiger partial charge in [0.2, 0.25) is 0 Å². The molecule has 0 unspecified atom stereocenters. The number of nitrogens with zero attached hydrogens (tertiary/aromatic N) is 1. The molecule has 0 aliphatic rings. The number of halogens is 5. The molecular weight excluding hydrogens is 366 g/mol. The van der Waals surface area contributed by atoms with Gasteiger partial charge in [0.05, 0.1) is 4.47 Å². The smallest absolute Gasteiger partial charge is 0.435 e. The van der Waals surface area contributed by atoms with E-state index in [1.54, 1.807) is 0 Å². The zero-order chi connectivity index (χ0) is 15.1. The van der Waals surface area contributed by atoms with Crippen molar-refractivity contribution < 1.29 is 27.5 Å². The fourth-order valence-electron chi connectivity index (χ4n) is 1.41. The Balaban J connectivity index is 2.58. The number of hydrogen-bond donors (Lipinski definition) is 1. The summed E-state index contributed by atoms with van der Waals surface area (Å²) in [4.78, 5) is 13.2. The van der Waals surface area contributed by atoms with Gasteiger partial charge in [-0.1, -0.05) is 6.07 Å². The maximum absolute atomic E-state index is 13.4. The van der Waals surface area contributed by atoms with Crippen molar-refractivity contribution in [3.63, 3.8) is 0 Å². The summed E-state index contributed by atoms with van der Waals surface area (Å²) < 4.78 is 51.5. The molecule has 3 nitrogen and oxygen atoms in total. The van der Waals surface area contributed by atoms with Crippen molar-refractivity contribution in [1.29, 1.82) is 0 Å². The molecule has 1 N–H and O–H groups in total. The van der Waals surface area contributed by atoms with Gasteiger partial charge in [-0.2, -0.15) is 13.2 Å². The van der Waals surface area contributed by atoms with E-state index < -0.39 is 28.5 Å². The van der Waals surface area contributed by atoms with Crippen LogP contribution in [0.3, 0.4) is 0 Å². The summed E-state index contributed by atoms with van der Waals surface area (Å²) in [7, 11) is 0. The Morgan fingerprint density at radius 2 is 2.00 bits per heavy atom. The highest BCUT2D eigenvalue weighted by Crippen LogP contribution is 2.38. The molecule has 0 radical (unpaired) electrons. The van der Waals surface area contributed by atoms with Gasteiger partial charge in [0, 0.05) is 5.56 Å². The van der Waals surface area contributed by atoms with Crippen LogP contribution >= 0.6 is 27.3 Å². The van der Waals surface area contributed by atoms with E-state index >= 15 is 0 Å². The quantitative estimate of drug-likeness (QED) is 0.796. The highest BCUT2D eigenvalue weighted by Gasteiger charge is 2.39. The molecule has 0 saturated carbocycles. The Bertz CT molecular complexity index is 684. The highest BCUT2D eigenvalue weighted by atomic mass is 79.9. The summed E-state index contributed by atoms with van der Waals surface area (Å²) in [6, 6.07) is 3.63. The van der Waals surface area contributed by atoms with Crippen LogP contribution in [0, 0.1) is 5.82 Å². The van der Waals surface area contributed by atoms with E-state index in [0.29, 0.717) is 11.3 Å². The lowest BCUT2D eigenvalue weighted by Gasteiger charge is -2.02. The van der Waals surface area contributed by atoms with Gasteiger partial charge in [0.25, 0.3) is 0 Å². The number of hydrogen-bond acceptors (Lipinski definition) is 3. The average molecular weight is 370 g/mol. The summed E-state index contributed by atoms with van der Waals surface area (Å²) in [6.45, 7) is 0. The number of alkyl halides is 3. The zero-order valence-electron chi connectivity index (χ0n) is 9.33. The van der Waals surface area contributed by atoms with Crippen LogP contribution in [0.5, 0.6) is 0 Å². The monoisotopic (exact) mass is 369 g/mol. The number of aromatic nitrogens is 1. The van der Waals surface area contributed by atoms with Crippen LogP contribution < -0.4 is 0 Å². The lowest BCUT2D eigenvalue weighted by molar-refractivity contribution is -0.141. The van der Waals surface area contributed by atoms with Gasteiger partial charge in [0.1, 0.15) is 15.7 Å². The Labute approximate surface area is 122 Å². The molecule has 1 aromatic carbocycles. The Morgan fingerprint density at radius 1 is 1.35 bits per heavy atom. The molecule has 20 heavy (non-hydrogen) atoms. The fraction of sp³-hybridized carbons (Fsp3) is 0.0909. The fourth-order valence-corrected chi connectivity index (χ4v) is 2.58. The maximum atomic E-state index is 13.4. The van der Waals surface area contributed by atoms with E-state index in [1.807, 2.05) is 0 Å². The van der Waals surface area contributed by atoms with E-state index in [0.717, 1.165) is 6.07 Å². The molecule has 0 aliphatic carbocycles. The molecule has 1 heterocycles. The molecule has 2 rings (SSSR count). The van der Waals surface area contributed by atoms with Crippen molar-refractivity contribution in [2.24, 2.45) is 0 Å². The van der Waals surface area contributed by atoms with E-state index in [2.05, 4.69) is 20.9 Å². The number of carbonyl (C=O) groups is 1. The van der Waals surface area contributed by atoms with E-state index in [-0.39, 0.29) is 15.0 Å². The van der Waals surface area contributed by atoms with E-state index in [4.69, 9.17) is 5.11 Å². The minimum Gasteiger partial charge on any atom is -0.477 e. The molecule has 0 saturated heterocycles. The Hall–Kier alpha value is -1.48. The molecule has 0 atom stereocenters. The summed E-state index contributed by atoms with van der Waals surface area (Å²) in [5, 5.41) is 8.57. The Kier molecular flexibility index (Phi) is 3.83. The highest BCUT2D eigenvalue weighted by molar-refractivity contribution is 9.10. The molecule has 2 aromatic rings. The predicted molar refractivity (Wildman–Crippen MR) is 67.2 cm³/mol. The molecule has 106 valence electrons. The Morgan fingerprint density at radius 3 is 2.45 bits per heavy atom. The summed E-state index contributed by atoms with van der Waals surface area (Å²) in [6.07, 6.45) is -4.88. The van der Waals surface area contributed by atoms with Gasteiger partial charge >= 0.3 is 12.1 Å². The normalized spacial score (nSPS) is 11.7. The first-order valence-corrected chi connectivity index (χ1v) is 6.58. The minimum absolute atomic E-state index is 0.0775. The minimum atomic E-state index is -4.88. The average Bonchev–Trinajstić information content (AvgIpc) is 2.77. The topological polar surface area (TPSA) is 50.2 Å². The first kappa shape index (κ1) is 14.9. The van der Waals surface area contributed by atoms with Gasteiger partial charge in [-0.25, -0.2) is 14.2 Å². The van der Waals surface area contributed by atoms with Crippen molar-refractivity contribution in [1.82, 2.24) is 4.98 Å². The number of benzene rings is 1. The third kappa shape index (κ3) is 2.83. The first-order valence-electron chi connectivity index (χ1n) is 4.97. The largest absolute Gasteiger partial charge is 0.477 e. The zero-order valence-corrected chi connectivity index (χ0v) is 11.7. The third-order valence-corrected chi connectivity index (χ3v) is 3.99. The van der Waals surface area contributed by atoms with Crippen molar-refractivity contribution in [2.45, 2.75) is 6.18 Å².